The Bertz CT molecular complexity index is 817. The number of aryl methyl sites for hydroxylation is 1. The number of hydroxylamine groups is 1. The van der Waals surface area contributed by atoms with Crippen LogP contribution in [0.15, 0.2) is 10.8 Å². The lowest BCUT2D eigenvalue weighted by Crippen LogP contribution is -2.50. The maximum atomic E-state index is 12.5. The second-order valence-corrected chi connectivity index (χ2v) is 7.98. The van der Waals surface area contributed by atoms with Crippen LogP contribution in [0.1, 0.15) is 35.8 Å². The molecule has 0 spiro atoms. The van der Waals surface area contributed by atoms with Crippen molar-refractivity contribution in [3.8, 4) is 10.7 Å². The van der Waals surface area contributed by atoms with Crippen molar-refractivity contribution in [2.75, 3.05) is 6.54 Å². The summed E-state index contributed by atoms with van der Waals surface area (Å²) in [6.45, 7) is 5.55. The lowest BCUT2D eigenvalue weighted by atomic mass is 10.0. The summed E-state index contributed by atoms with van der Waals surface area (Å²) >= 11 is 2.82. The van der Waals surface area contributed by atoms with E-state index in [1.165, 1.54) is 28.2 Å². The maximum absolute atomic E-state index is 12.5. The first-order valence-corrected chi connectivity index (χ1v) is 9.97. The number of aromatic nitrogens is 2. The van der Waals surface area contributed by atoms with Gasteiger partial charge in [-0.2, -0.15) is 0 Å². The van der Waals surface area contributed by atoms with Gasteiger partial charge < -0.3 is 10.6 Å². The first-order chi connectivity index (χ1) is 12.8. The van der Waals surface area contributed by atoms with E-state index >= 15 is 0 Å². The molecule has 27 heavy (non-hydrogen) atoms. The van der Waals surface area contributed by atoms with Gasteiger partial charge >= 0.3 is 0 Å². The van der Waals surface area contributed by atoms with Crippen molar-refractivity contribution in [1.82, 2.24) is 26.1 Å². The minimum Gasteiger partial charge on any atom is -0.354 e. The number of rotatable bonds is 8. The summed E-state index contributed by atoms with van der Waals surface area (Å²) < 4.78 is 0. The topological polar surface area (TPSA) is 133 Å². The van der Waals surface area contributed by atoms with E-state index in [1.807, 2.05) is 12.3 Å². The van der Waals surface area contributed by atoms with Gasteiger partial charge in [0.05, 0.1) is 5.01 Å². The van der Waals surface area contributed by atoms with Crippen LogP contribution in [0, 0.1) is 12.8 Å². The molecule has 2 heterocycles. The molecule has 0 aliphatic heterocycles. The SMILES string of the molecule is Cc1nc(-c2nc(C(=O)N[C@H](C(=O)NCCC(=O)NO)C(C)C)cs2)cs1. The van der Waals surface area contributed by atoms with Crippen LogP contribution in [-0.4, -0.2) is 45.5 Å². The molecule has 11 heteroatoms. The lowest BCUT2D eigenvalue weighted by Gasteiger charge is -2.21. The van der Waals surface area contributed by atoms with Crippen LogP contribution < -0.4 is 16.1 Å². The van der Waals surface area contributed by atoms with E-state index in [1.54, 1.807) is 19.2 Å². The highest BCUT2D eigenvalue weighted by molar-refractivity contribution is 7.14. The smallest absolute Gasteiger partial charge is 0.271 e. The number of nitrogens with zero attached hydrogens (tertiary/aromatic N) is 2. The Morgan fingerprint density at radius 2 is 1.93 bits per heavy atom. The molecule has 0 unspecified atom stereocenters. The quantitative estimate of drug-likeness (QED) is 0.383. The zero-order chi connectivity index (χ0) is 20.0. The van der Waals surface area contributed by atoms with E-state index < -0.39 is 23.8 Å². The van der Waals surface area contributed by atoms with E-state index in [0.29, 0.717) is 5.01 Å². The predicted octanol–water partition coefficient (Wildman–Crippen LogP) is 1.34. The number of hydrogen-bond acceptors (Lipinski definition) is 8. The number of nitrogens with one attached hydrogen (secondary N) is 3. The Morgan fingerprint density at radius 3 is 2.52 bits per heavy atom. The molecular weight excluding hydrogens is 390 g/mol. The molecule has 2 aromatic rings. The molecule has 0 aromatic carbocycles. The van der Waals surface area contributed by atoms with Gasteiger partial charge in [-0.3, -0.25) is 19.6 Å². The van der Waals surface area contributed by atoms with Crippen LogP contribution in [0.5, 0.6) is 0 Å². The largest absolute Gasteiger partial charge is 0.354 e. The molecular formula is C16H21N5O4S2. The van der Waals surface area contributed by atoms with Gasteiger partial charge in [0.15, 0.2) is 0 Å². The van der Waals surface area contributed by atoms with E-state index in [0.717, 1.165) is 10.7 Å². The van der Waals surface area contributed by atoms with Gasteiger partial charge in [0.1, 0.15) is 22.4 Å². The summed E-state index contributed by atoms with van der Waals surface area (Å²) in [6, 6.07) is -0.777. The standard InChI is InChI=1S/C16H21N5O4S2/c1-8(2)13(15(24)17-5-4-12(22)21-25)20-14(23)10-6-27-16(19-10)11-7-26-9(3)18-11/h6-8,13,25H,4-5H2,1-3H3,(H,17,24)(H,20,23)(H,21,22)/t13-/m0/s1. The third-order valence-corrected chi connectivity index (χ3v) is 5.22. The summed E-state index contributed by atoms with van der Waals surface area (Å²) in [4.78, 5) is 44.4. The molecule has 146 valence electrons. The van der Waals surface area contributed by atoms with Gasteiger partial charge in [0, 0.05) is 23.7 Å². The first-order valence-electron chi connectivity index (χ1n) is 8.21. The molecule has 0 radical (unpaired) electrons. The van der Waals surface area contributed by atoms with Crippen molar-refractivity contribution >= 4 is 40.4 Å². The van der Waals surface area contributed by atoms with Gasteiger partial charge in [-0.1, -0.05) is 13.8 Å². The molecule has 0 bridgehead atoms. The zero-order valence-electron chi connectivity index (χ0n) is 15.1. The van der Waals surface area contributed by atoms with Gasteiger partial charge in [0.2, 0.25) is 11.8 Å². The Morgan fingerprint density at radius 1 is 1.19 bits per heavy atom. The fourth-order valence-electron chi connectivity index (χ4n) is 2.17. The average Bonchev–Trinajstić information content (AvgIpc) is 3.27. The molecule has 0 fully saturated rings. The molecule has 0 aliphatic rings. The molecule has 0 aliphatic carbocycles. The highest BCUT2D eigenvalue weighted by Gasteiger charge is 2.25. The fourth-order valence-corrected chi connectivity index (χ4v) is 3.60. The molecule has 0 saturated carbocycles. The van der Waals surface area contributed by atoms with Gasteiger partial charge in [0.25, 0.3) is 5.91 Å². The molecule has 2 rings (SSSR count). The lowest BCUT2D eigenvalue weighted by molar-refractivity contribution is -0.129. The number of thiazole rings is 2. The van der Waals surface area contributed by atoms with E-state index in [2.05, 4.69) is 20.6 Å². The normalized spacial score (nSPS) is 11.9. The summed E-state index contributed by atoms with van der Waals surface area (Å²) in [6.07, 6.45) is -0.0660. The molecule has 9 nitrogen and oxygen atoms in total. The van der Waals surface area contributed by atoms with Gasteiger partial charge in [-0.25, -0.2) is 15.4 Å². The van der Waals surface area contributed by atoms with E-state index in [-0.39, 0.29) is 24.6 Å². The van der Waals surface area contributed by atoms with Crippen LogP contribution in [0.25, 0.3) is 10.7 Å². The average molecular weight is 412 g/mol. The summed E-state index contributed by atoms with van der Waals surface area (Å²) in [5.74, 6) is -1.63. The summed E-state index contributed by atoms with van der Waals surface area (Å²) in [5, 5.41) is 18.8. The van der Waals surface area contributed by atoms with Crippen molar-refractivity contribution in [2.24, 2.45) is 5.92 Å². The second kappa shape index (κ2) is 9.53. The van der Waals surface area contributed by atoms with Crippen LogP contribution in [0.3, 0.4) is 0 Å². The third-order valence-electron chi connectivity index (χ3n) is 3.59. The Hall–Kier alpha value is -2.37. The van der Waals surface area contributed by atoms with E-state index in [9.17, 15) is 14.4 Å². The maximum Gasteiger partial charge on any atom is 0.271 e. The Kier molecular flexibility index (Phi) is 7.39. The summed E-state index contributed by atoms with van der Waals surface area (Å²) in [5.41, 5.74) is 2.44. The van der Waals surface area contributed by atoms with Crippen molar-refractivity contribution in [2.45, 2.75) is 33.2 Å². The van der Waals surface area contributed by atoms with Crippen molar-refractivity contribution in [3.05, 3.63) is 21.5 Å². The number of carbonyl (C=O) groups excluding carboxylic acids is 3. The number of amides is 3. The molecule has 1 atom stereocenters. The minimum absolute atomic E-state index is 0.0499. The molecule has 3 amide bonds. The predicted molar refractivity (Wildman–Crippen MR) is 102 cm³/mol. The third kappa shape index (κ3) is 5.81. The van der Waals surface area contributed by atoms with Crippen LogP contribution in [0.2, 0.25) is 0 Å². The van der Waals surface area contributed by atoms with Crippen LogP contribution in [0.4, 0.5) is 0 Å². The highest BCUT2D eigenvalue weighted by atomic mass is 32.1. The van der Waals surface area contributed by atoms with Crippen molar-refractivity contribution < 1.29 is 19.6 Å². The second-order valence-electron chi connectivity index (χ2n) is 6.06. The number of carbonyl (C=O) groups is 3. The van der Waals surface area contributed by atoms with Gasteiger partial charge in [-0.05, 0) is 12.8 Å². The van der Waals surface area contributed by atoms with Crippen molar-refractivity contribution in [1.29, 1.82) is 0 Å². The fraction of sp³-hybridized carbons (Fsp3) is 0.438. The van der Waals surface area contributed by atoms with E-state index in [4.69, 9.17) is 5.21 Å². The molecule has 2 aromatic heterocycles. The summed E-state index contributed by atoms with van der Waals surface area (Å²) in [7, 11) is 0. The Labute approximate surface area is 164 Å². The Balaban J connectivity index is 1.99. The van der Waals surface area contributed by atoms with Gasteiger partial charge in [-0.15, -0.1) is 22.7 Å². The first kappa shape index (κ1) is 20.9. The monoisotopic (exact) mass is 411 g/mol. The molecule has 0 saturated heterocycles. The van der Waals surface area contributed by atoms with Crippen LogP contribution >= 0.6 is 22.7 Å². The van der Waals surface area contributed by atoms with Crippen molar-refractivity contribution in [3.63, 3.8) is 0 Å². The number of hydrogen-bond donors (Lipinski definition) is 4. The highest BCUT2D eigenvalue weighted by Crippen LogP contribution is 2.25. The zero-order valence-corrected chi connectivity index (χ0v) is 16.7. The minimum atomic E-state index is -0.777. The molecule has 4 N–H and O–H groups in total. The van der Waals surface area contributed by atoms with Crippen LogP contribution in [-0.2, 0) is 9.59 Å².